The van der Waals surface area contributed by atoms with E-state index in [4.69, 9.17) is 10.00 Å². The molecule has 2 nitrogen and oxygen atoms in total. The highest BCUT2D eigenvalue weighted by Crippen LogP contribution is 2.14. The summed E-state index contributed by atoms with van der Waals surface area (Å²) in [6.45, 7) is 7.05. The zero-order chi connectivity index (χ0) is 14.1. The number of aryl methyl sites for hydroxylation is 1. The molecule has 0 aliphatic carbocycles. The van der Waals surface area contributed by atoms with Gasteiger partial charge in [-0.3, -0.25) is 0 Å². The van der Waals surface area contributed by atoms with Crippen molar-refractivity contribution < 1.29 is 4.74 Å². The molecule has 0 saturated carbocycles. The van der Waals surface area contributed by atoms with E-state index in [2.05, 4.69) is 19.9 Å². The third-order valence-electron chi connectivity index (χ3n) is 3.46. The molecule has 104 valence electrons. The largest absolute Gasteiger partial charge is 0.374 e. The average Bonchev–Trinajstić information content (AvgIpc) is 2.42. The zero-order valence-corrected chi connectivity index (χ0v) is 12.4. The maximum Gasteiger partial charge on any atom is 0.0991 e. The van der Waals surface area contributed by atoms with Crippen LogP contribution < -0.4 is 0 Å². The molecule has 0 spiro atoms. The smallest absolute Gasteiger partial charge is 0.0991 e. The summed E-state index contributed by atoms with van der Waals surface area (Å²) in [5.41, 5.74) is 3.03. The van der Waals surface area contributed by atoms with Gasteiger partial charge in [0.1, 0.15) is 0 Å². The quantitative estimate of drug-likeness (QED) is 0.632. The fourth-order valence-corrected chi connectivity index (χ4v) is 2.10. The summed E-state index contributed by atoms with van der Waals surface area (Å²) in [6, 6.07) is 7.94. The van der Waals surface area contributed by atoms with E-state index in [9.17, 15) is 0 Å². The lowest BCUT2D eigenvalue weighted by molar-refractivity contribution is 0.0456. The second-order valence-electron chi connectivity index (χ2n) is 5.22. The van der Waals surface area contributed by atoms with Crippen molar-refractivity contribution in [3.8, 4) is 6.07 Å². The Kier molecular flexibility index (Phi) is 7.22. The van der Waals surface area contributed by atoms with Crippen LogP contribution in [0.25, 0.3) is 0 Å². The summed E-state index contributed by atoms with van der Waals surface area (Å²) in [4.78, 5) is 0. The Balaban J connectivity index is 2.34. The van der Waals surface area contributed by atoms with Gasteiger partial charge in [0.25, 0.3) is 0 Å². The Labute approximate surface area is 117 Å². The van der Waals surface area contributed by atoms with Crippen LogP contribution in [0.15, 0.2) is 18.2 Å². The maximum atomic E-state index is 8.83. The first-order chi connectivity index (χ1) is 9.17. The van der Waals surface area contributed by atoms with E-state index in [0.29, 0.717) is 18.3 Å². The van der Waals surface area contributed by atoms with Crippen LogP contribution >= 0.6 is 0 Å². The van der Waals surface area contributed by atoms with Crippen LogP contribution in [0.2, 0.25) is 0 Å². The van der Waals surface area contributed by atoms with Gasteiger partial charge >= 0.3 is 0 Å². The lowest BCUT2D eigenvalue weighted by Gasteiger charge is -2.14. The van der Waals surface area contributed by atoms with Gasteiger partial charge in [0.2, 0.25) is 0 Å². The molecule has 0 bridgehead atoms. The van der Waals surface area contributed by atoms with E-state index in [1.165, 1.54) is 31.2 Å². The monoisotopic (exact) mass is 259 g/mol. The molecule has 19 heavy (non-hydrogen) atoms. The number of benzene rings is 1. The molecule has 0 N–H and O–H groups in total. The van der Waals surface area contributed by atoms with Crippen molar-refractivity contribution in [1.29, 1.82) is 5.26 Å². The van der Waals surface area contributed by atoms with Crippen molar-refractivity contribution in [3.63, 3.8) is 0 Å². The Bertz CT molecular complexity index is 420. The molecule has 0 saturated heterocycles. The molecule has 0 radical (unpaired) electrons. The van der Waals surface area contributed by atoms with E-state index in [0.717, 1.165) is 12.0 Å². The third-order valence-corrected chi connectivity index (χ3v) is 3.46. The first-order valence-corrected chi connectivity index (χ1v) is 7.28. The SMILES string of the molecule is CCCCCCC(C)OCc1ccc(C#N)cc1C. The standard InChI is InChI=1S/C17H25NO/c1-4-5-6-7-8-15(3)19-13-17-10-9-16(12-18)11-14(17)2/h9-11,15H,4-8,13H2,1-3H3. The van der Waals surface area contributed by atoms with Gasteiger partial charge in [0, 0.05) is 0 Å². The van der Waals surface area contributed by atoms with Crippen molar-refractivity contribution in [3.05, 3.63) is 34.9 Å². The van der Waals surface area contributed by atoms with Gasteiger partial charge < -0.3 is 4.74 Å². The minimum Gasteiger partial charge on any atom is -0.374 e. The molecule has 0 aliphatic heterocycles. The predicted octanol–water partition coefficient (Wildman–Crippen LogP) is 4.74. The van der Waals surface area contributed by atoms with Crippen molar-refractivity contribution in [2.45, 2.75) is 65.6 Å². The Morgan fingerprint density at radius 3 is 2.68 bits per heavy atom. The number of rotatable bonds is 8. The van der Waals surface area contributed by atoms with E-state index >= 15 is 0 Å². The first-order valence-electron chi connectivity index (χ1n) is 7.28. The van der Waals surface area contributed by atoms with Gasteiger partial charge in [-0.2, -0.15) is 5.26 Å². The van der Waals surface area contributed by atoms with E-state index < -0.39 is 0 Å². The number of hydrogen-bond acceptors (Lipinski definition) is 2. The molecule has 0 fully saturated rings. The fourth-order valence-electron chi connectivity index (χ4n) is 2.10. The van der Waals surface area contributed by atoms with Gasteiger partial charge in [-0.15, -0.1) is 0 Å². The zero-order valence-electron chi connectivity index (χ0n) is 12.4. The number of unbranched alkanes of at least 4 members (excludes halogenated alkanes) is 3. The summed E-state index contributed by atoms with van der Waals surface area (Å²) >= 11 is 0. The second-order valence-corrected chi connectivity index (χ2v) is 5.22. The summed E-state index contributed by atoms with van der Waals surface area (Å²) in [5.74, 6) is 0. The van der Waals surface area contributed by atoms with Crippen LogP contribution in [0.4, 0.5) is 0 Å². The third kappa shape index (κ3) is 5.89. The normalized spacial score (nSPS) is 12.1. The van der Waals surface area contributed by atoms with Gasteiger partial charge in [-0.25, -0.2) is 0 Å². The van der Waals surface area contributed by atoms with Crippen molar-refractivity contribution in [2.75, 3.05) is 0 Å². The van der Waals surface area contributed by atoms with Gasteiger partial charge in [-0.05, 0) is 43.5 Å². The molecule has 1 unspecified atom stereocenters. The fraction of sp³-hybridized carbons (Fsp3) is 0.588. The number of hydrogen-bond donors (Lipinski definition) is 0. The molecule has 0 heterocycles. The topological polar surface area (TPSA) is 33.0 Å². The van der Waals surface area contributed by atoms with Gasteiger partial charge in [-0.1, -0.05) is 38.7 Å². The number of nitrogens with zero attached hydrogens (tertiary/aromatic N) is 1. The molecule has 1 aromatic carbocycles. The Morgan fingerprint density at radius 1 is 1.26 bits per heavy atom. The molecule has 1 atom stereocenters. The lowest BCUT2D eigenvalue weighted by Crippen LogP contribution is -2.08. The summed E-state index contributed by atoms with van der Waals surface area (Å²) in [5, 5.41) is 8.83. The molecule has 0 aliphatic rings. The van der Waals surface area contributed by atoms with Crippen LogP contribution in [0, 0.1) is 18.3 Å². The highest BCUT2D eigenvalue weighted by molar-refractivity contribution is 5.37. The van der Waals surface area contributed by atoms with Crippen LogP contribution in [0.3, 0.4) is 0 Å². The number of ether oxygens (including phenoxy) is 1. The molecule has 1 aromatic rings. The highest BCUT2D eigenvalue weighted by Gasteiger charge is 2.05. The van der Waals surface area contributed by atoms with Gasteiger partial charge in [0.05, 0.1) is 24.3 Å². The summed E-state index contributed by atoms with van der Waals surface area (Å²) < 4.78 is 5.88. The van der Waals surface area contributed by atoms with Crippen molar-refractivity contribution in [1.82, 2.24) is 0 Å². The lowest BCUT2D eigenvalue weighted by atomic mass is 10.1. The minimum absolute atomic E-state index is 0.312. The molecular formula is C17H25NO. The van der Waals surface area contributed by atoms with E-state index in [1.807, 2.05) is 25.1 Å². The summed E-state index contributed by atoms with van der Waals surface area (Å²) in [7, 11) is 0. The number of nitriles is 1. The van der Waals surface area contributed by atoms with E-state index in [1.54, 1.807) is 0 Å². The minimum atomic E-state index is 0.312. The molecule has 1 rings (SSSR count). The Hall–Kier alpha value is -1.33. The molecular weight excluding hydrogens is 234 g/mol. The Morgan fingerprint density at radius 2 is 2.05 bits per heavy atom. The van der Waals surface area contributed by atoms with Crippen LogP contribution in [-0.4, -0.2) is 6.10 Å². The molecule has 0 amide bonds. The maximum absolute atomic E-state index is 8.83. The van der Waals surface area contributed by atoms with Crippen molar-refractivity contribution in [2.24, 2.45) is 0 Å². The van der Waals surface area contributed by atoms with Crippen molar-refractivity contribution >= 4 is 0 Å². The highest BCUT2D eigenvalue weighted by atomic mass is 16.5. The van der Waals surface area contributed by atoms with Crippen LogP contribution in [0.5, 0.6) is 0 Å². The first kappa shape index (κ1) is 15.7. The second kappa shape index (κ2) is 8.72. The van der Waals surface area contributed by atoms with Gasteiger partial charge in [0.15, 0.2) is 0 Å². The van der Waals surface area contributed by atoms with Crippen LogP contribution in [0.1, 0.15) is 62.6 Å². The summed E-state index contributed by atoms with van der Waals surface area (Å²) in [6.07, 6.45) is 6.60. The van der Waals surface area contributed by atoms with Crippen LogP contribution in [-0.2, 0) is 11.3 Å². The molecule has 2 heteroatoms. The molecule has 0 aromatic heterocycles. The predicted molar refractivity (Wildman–Crippen MR) is 78.9 cm³/mol. The average molecular weight is 259 g/mol. The van der Waals surface area contributed by atoms with E-state index in [-0.39, 0.29) is 0 Å².